The first-order valence-electron chi connectivity index (χ1n) is 9.58. The molecule has 3 nitrogen and oxygen atoms in total. The molecule has 0 spiro atoms. The van der Waals surface area contributed by atoms with Crippen molar-refractivity contribution in [1.29, 1.82) is 5.41 Å². The van der Waals surface area contributed by atoms with Crippen molar-refractivity contribution in [2.24, 2.45) is 34.3 Å². The fourth-order valence-electron chi connectivity index (χ4n) is 6.68. The molecule has 0 aromatic heterocycles. The van der Waals surface area contributed by atoms with Gasteiger partial charge in [-0.2, -0.15) is 0 Å². The molecule has 0 aromatic rings. The highest BCUT2D eigenvalue weighted by Crippen LogP contribution is 2.64. The van der Waals surface area contributed by atoms with E-state index in [-0.39, 0.29) is 10.6 Å². The number of carbonyl (C=O) groups is 1. The Morgan fingerprint density at radius 1 is 1.21 bits per heavy atom. The maximum absolute atomic E-state index is 12.5. The molecule has 4 aliphatic carbocycles. The molecule has 6 atom stereocenters. The number of hydrogen-bond donors (Lipinski definition) is 2. The highest BCUT2D eigenvalue weighted by Gasteiger charge is 2.58. The second-order valence-electron chi connectivity index (χ2n) is 9.02. The summed E-state index contributed by atoms with van der Waals surface area (Å²) in [5, 5.41) is 8.31. The van der Waals surface area contributed by atoms with E-state index in [1.54, 1.807) is 17.3 Å². The van der Waals surface area contributed by atoms with Gasteiger partial charge >= 0.3 is 0 Å². The van der Waals surface area contributed by atoms with Gasteiger partial charge in [0.15, 0.2) is 5.17 Å². The standard InChI is InChI=1S/C20H30N2OS/c1-19-9-7-13(24-18(21)22)11-12(19)3-4-14-15-5-6-17(23)20(15,2)10-8-16(14)19/h3,13-16H,4-11H2,1-2H3,(H3,21,22). The fraction of sp³-hybridized carbons (Fsp3) is 0.800. The molecule has 0 aromatic carbocycles. The number of carbonyl (C=O) groups excluding carboxylic acids is 1. The Kier molecular flexibility index (Phi) is 3.91. The Morgan fingerprint density at radius 2 is 1.92 bits per heavy atom. The lowest BCUT2D eigenvalue weighted by Gasteiger charge is -2.57. The molecule has 3 saturated carbocycles. The summed E-state index contributed by atoms with van der Waals surface area (Å²) in [6.45, 7) is 4.74. The van der Waals surface area contributed by atoms with Crippen LogP contribution in [-0.2, 0) is 4.79 Å². The molecule has 3 N–H and O–H groups in total. The molecule has 0 amide bonds. The minimum Gasteiger partial charge on any atom is -0.379 e. The Hall–Kier alpha value is -0.770. The maximum atomic E-state index is 12.5. The van der Waals surface area contributed by atoms with Crippen LogP contribution in [-0.4, -0.2) is 16.2 Å². The van der Waals surface area contributed by atoms with E-state index in [1.807, 2.05) is 0 Å². The van der Waals surface area contributed by atoms with E-state index in [0.29, 0.717) is 28.3 Å². The van der Waals surface area contributed by atoms with Gasteiger partial charge in [0.05, 0.1) is 0 Å². The maximum Gasteiger partial charge on any atom is 0.151 e. The van der Waals surface area contributed by atoms with E-state index in [0.717, 1.165) is 31.6 Å². The van der Waals surface area contributed by atoms with Gasteiger partial charge in [0.25, 0.3) is 0 Å². The van der Waals surface area contributed by atoms with Gasteiger partial charge in [0, 0.05) is 17.1 Å². The molecule has 0 heterocycles. The predicted molar refractivity (Wildman–Crippen MR) is 100 cm³/mol. The van der Waals surface area contributed by atoms with E-state index in [1.165, 1.54) is 25.7 Å². The second kappa shape index (κ2) is 5.62. The fourth-order valence-corrected chi connectivity index (χ4v) is 7.54. The summed E-state index contributed by atoms with van der Waals surface area (Å²) in [7, 11) is 0. The van der Waals surface area contributed by atoms with Gasteiger partial charge in [-0.15, -0.1) is 0 Å². The lowest BCUT2D eigenvalue weighted by molar-refractivity contribution is -0.131. The lowest BCUT2D eigenvalue weighted by atomic mass is 9.48. The minimum atomic E-state index is -0.0233. The Balaban J connectivity index is 1.60. The summed E-state index contributed by atoms with van der Waals surface area (Å²) >= 11 is 1.55. The van der Waals surface area contributed by atoms with E-state index in [9.17, 15) is 4.79 Å². The van der Waals surface area contributed by atoms with Crippen molar-refractivity contribution < 1.29 is 4.79 Å². The number of rotatable bonds is 1. The molecular formula is C20H30N2OS. The van der Waals surface area contributed by atoms with Gasteiger partial charge in [-0.05, 0) is 68.1 Å². The van der Waals surface area contributed by atoms with Crippen LogP contribution in [0.3, 0.4) is 0 Å². The first-order chi connectivity index (χ1) is 11.3. The van der Waals surface area contributed by atoms with Crippen LogP contribution in [0.5, 0.6) is 0 Å². The monoisotopic (exact) mass is 346 g/mol. The van der Waals surface area contributed by atoms with E-state index in [2.05, 4.69) is 19.9 Å². The number of nitrogens with two attached hydrogens (primary N) is 1. The lowest BCUT2D eigenvalue weighted by Crippen LogP contribution is -2.50. The highest BCUT2D eigenvalue weighted by molar-refractivity contribution is 8.14. The molecule has 0 bridgehead atoms. The van der Waals surface area contributed by atoms with Crippen molar-refractivity contribution in [2.75, 3.05) is 0 Å². The van der Waals surface area contributed by atoms with Gasteiger partial charge in [-0.3, -0.25) is 10.2 Å². The van der Waals surface area contributed by atoms with Crippen LogP contribution in [0, 0.1) is 34.0 Å². The van der Waals surface area contributed by atoms with Crippen molar-refractivity contribution in [3.8, 4) is 0 Å². The highest BCUT2D eigenvalue weighted by atomic mass is 32.2. The number of allylic oxidation sites excluding steroid dienone is 2. The van der Waals surface area contributed by atoms with Crippen LogP contribution >= 0.6 is 11.8 Å². The zero-order valence-corrected chi connectivity index (χ0v) is 15.8. The molecule has 4 aliphatic rings. The smallest absolute Gasteiger partial charge is 0.151 e. The van der Waals surface area contributed by atoms with Crippen molar-refractivity contribution in [2.45, 2.75) is 70.5 Å². The summed E-state index contributed by atoms with van der Waals surface area (Å²) in [4.78, 5) is 12.5. The van der Waals surface area contributed by atoms with E-state index >= 15 is 0 Å². The first-order valence-corrected chi connectivity index (χ1v) is 10.5. The number of ketones is 1. The van der Waals surface area contributed by atoms with Crippen LogP contribution in [0.25, 0.3) is 0 Å². The average Bonchev–Trinajstić information content (AvgIpc) is 2.83. The van der Waals surface area contributed by atoms with Crippen molar-refractivity contribution >= 4 is 22.7 Å². The first kappa shape index (κ1) is 16.7. The zero-order chi connectivity index (χ0) is 17.1. The third-order valence-electron chi connectivity index (χ3n) is 8.06. The van der Waals surface area contributed by atoms with Crippen molar-refractivity contribution in [1.82, 2.24) is 0 Å². The zero-order valence-electron chi connectivity index (χ0n) is 14.9. The minimum absolute atomic E-state index is 0.0233. The quantitative estimate of drug-likeness (QED) is 0.417. The van der Waals surface area contributed by atoms with Gasteiger partial charge in [-0.25, -0.2) is 0 Å². The molecule has 0 radical (unpaired) electrons. The third kappa shape index (κ3) is 2.32. The summed E-state index contributed by atoms with van der Waals surface area (Å²) in [6, 6.07) is 0. The van der Waals surface area contributed by atoms with Crippen molar-refractivity contribution in [3.05, 3.63) is 11.6 Å². The van der Waals surface area contributed by atoms with Crippen molar-refractivity contribution in [3.63, 3.8) is 0 Å². The summed E-state index contributed by atoms with van der Waals surface area (Å²) in [6.07, 6.45) is 11.4. The Labute approximate surface area is 149 Å². The molecule has 0 saturated heterocycles. The molecule has 0 aliphatic heterocycles. The van der Waals surface area contributed by atoms with Gasteiger partial charge < -0.3 is 5.73 Å². The van der Waals surface area contributed by atoms with Crippen LogP contribution < -0.4 is 5.73 Å². The van der Waals surface area contributed by atoms with Gasteiger partial charge in [0.1, 0.15) is 5.78 Å². The van der Waals surface area contributed by atoms with E-state index in [4.69, 9.17) is 11.1 Å². The molecular weight excluding hydrogens is 316 g/mol. The van der Waals surface area contributed by atoms with Crippen LogP contribution in [0.1, 0.15) is 65.2 Å². The second-order valence-corrected chi connectivity index (χ2v) is 10.4. The molecule has 6 unspecified atom stereocenters. The predicted octanol–water partition coefficient (Wildman–Crippen LogP) is 4.51. The topological polar surface area (TPSA) is 66.9 Å². The number of hydrogen-bond acceptors (Lipinski definition) is 3. The molecule has 3 fully saturated rings. The van der Waals surface area contributed by atoms with E-state index < -0.39 is 0 Å². The summed E-state index contributed by atoms with van der Waals surface area (Å²) in [5.41, 5.74) is 7.54. The molecule has 24 heavy (non-hydrogen) atoms. The molecule has 4 heteroatoms. The number of nitrogens with one attached hydrogen (secondary N) is 1. The average molecular weight is 347 g/mol. The van der Waals surface area contributed by atoms with Gasteiger partial charge in [-0.1, -0.05) is 37.3 Å². The van der Waals surface area contributed by atoms with Crippen LogP contribution in [0.4, 0.5) is 0 Å². The van der Waals surface area contributed by atoms with Crippen LogP contribution in [0.15, 0.2) is 11.6 Å². The largest absolute Gasteiger partial charge is 0.379 e. The summed E-state index contributed by atoms with van der Waals surface area (Å²) < 4.78 is 0. The molecule has 132 valence electrons. The number of thioether (sulfide) groups is 1. The Morgan fingerprint density at radius 3 is 2.67 bits per heavy atom. The number of amidine groups is 1. The normalized spacial score (nSPS) is 47.4. The Bertz CT molecular complexity index is 615. The molecule has 4 rings (SSSR count). The van der Waals surface area contributed by atoms with Gasteiger partial charge in [0.2, 0.25) is 0 Å². The van der Waals surface area contributed by atoms with Crippen LogP contribution in [0.2, 0.25) is 0 Å². The third-order valence-corrected chi connectivity index (χ3v) is 9.05. The summed E-state index contributed by atoms with van der Waals surface area (Å²) in [5.74, 6) is 2.61. The SMILES string of the molecule is CC12CCC3C(CC=C4CC(SC(=N)N)CCC43C)C1CCC2=O. The number of fused-ring (bicyclic) bond motifs is 5. The number of Topliss-reactive ketones (excluding diaryl/α,β-unsaturated/α-hetero) is 1.